The van der Waals surface area contributed by atoms with E-state index in [9.17, 15) is 37.9 Å². The van der Waals surface area contributed by atoms with Crippen molar-refractivity contribution in [3.63, 3.8) is 0 Å². The van der Waals surface area contributed by atoms with E-state index in [-0.39, 0.29) is 19.4 Å². The number of rotatable bonds is 30. The van der Waals surface area contributed by atoms with E-state index in [4.69, 9.17) is 18.9 Å². The summed E-state index contributed by atoms with van der Waals surface area (Å²) in [6, 6.07) is 0. The van der Waals surface area contributed by atoms with Crippen LogP contribution in [-0.2, 0) is 38.7 Å². The molecule has 13 heteroatoms. The first-order valence-corrected chi connectivity index (χ1v) is 21.1. The second kappa shape index (κ2) is 31.3. The minimum atomic E-state index is -4.61. The average molecular weight is 783 g/mol. The highest BCUT2D eigenvalue weighted by molar-refractivity contribution is 7.85. The Morgan fingerprint density at radius 3 is 1.70 bits per heavy atom. The zero-order valence-corrected chi connectivity index (χ0v) is 33.1. The quantitative estimate of drug-likeness (QED) is 0.0260. The van der Waals surface area contributed by atoms with E-state index < -0.39 is 71.2 Å². The second-order valence-corrected chi connectivity index (χ2v) is 14.7. The largest absolute Gasteiger partial charge is 0.462 e. The van der Waals surface area contributed by atoms with Crippen LogP contribution in [0, 0.1) is 0 Å². The van der Waals surface area contributed by atoms with Gasteiger partial charge in [-0.2, -0.15) is 8.42 Å². The first-order valence-electron chi connectivity index (χ1n) is 19.5. The van der Waals surface area contributed by atoms with E-state index in [1.165, 1.54) is 12.8 Å². The molecule has 1 aliphatic rings. The molecule has 1 saturated heterocycles. The summed E-state index contributed by atoms with van der Waals surface area (Å²) >= 11 is 0. The number of ether oxygens (including phenoxy) is 4. The van der Waals surface area contributed by atoms with Crippen LogP contribution in [0.25, 0.3) is 0 Å². The van der Waals surface area contributed by atoms with Gasteiger partial charge in [0, 0.05) is 12.8 Å². The van der Waals surface area contributed by atoms with Crippen molar-refractivity contribution in [1.82, 2.24) is 0 Å². The highest BCUT2D eigenvalue weighted by Crippen LogP contribution is 2.23. The minimum absolute atomic E-state index is 0.0362. The van der Waals surface area contributed by atoms with Crippen LogP contribution < -0.4 is 0 Å². The Labute approximate surface area is 323 Å². The molecule has 2 unspecified atom stereocenters. The molecule has 0 aromatic heterocycles. The lowest BCUT2D eigenvalue weighted by molar-refractivity contribution is -0.297. The summed E-state index contributed by atoms with van der Waals surface area (Å²) in [5.74, 6) is -2.11. The highest BCUT2D eigenvalue weighted by atomic mass is 32.2. The van der Waals surface area contributed by atoms with Gasteiger partial charge in [-0.15, -0.1) is 0 Å². The van der Waals surface area contributed by atoms with Crippen molar-refractivity contribution in [3.05, 3.63) is 72.9 Å². The lowest BCUT2D eigenvalue weighted by Gasteiger charge is -2.40. The molecule has 4 N–H and O–H groups in total. The van der Waals surface area contributed by atoms with Gasteiger partial charge < -0.3 is 34.3 Å². The summed E-state index contributed by atoms with van der Waals surface area (Å²) in [6.07, 6.45) is 28.6. The molecule has 0 aromatic rings. The molecule has 0 aromatic carbocycles. The minimum Gasteiger partial charge on any atom is -0.462 e. The maximum atomic E-state index is 12.7. The molecule has 0 aliphatic carbocycles. The fourth-order valence-corrected chi connectivity index (χ4v) is 5.98. The van der Waals surface area contributed by atoms with Gasteiger partial charge in [0.1, 0.15) is 36.8 Å². The molecule has 1 fully saturated rings. The van der Waals surface area contributed by atoms with Gasteiger partial charge >= 0.3 is 11.9 Å². The van der Waals surface area contributed by atoms with E-state index in [2.05, 4.69) is 68.5 Å². The Kier molecular flexibility index (Phi) is 28.5. The number of hydrogen-bond acceptors (Lipinski definition) is 11. The lowest BCUT2D eigenvalue weighted by Crippen LogP contribution is -2.60. The van der Waals surface area contributed by atoms with Gasteiger partial charge in [-0.25, -0.2) is 0 Å². The molecule has 0 spiro atoms. The van der Waals surface area contributed by atoms with Crippen LogP contribution in [-0.4, -0.2) is 96.0 Å². The first kappa shape index (κ1) is 49.1. The number of allylic oxidation sites excluding steroid dienone is 12. The van der Waals surface area contributed by atoms with Gasteiger partial charge in [-0.05, 0) is 51.4 Å². The number of aliphatic hydroxyl groups is 3. The topological polar surface area (TPSA) is 186 Å². The van der Waals surface area contributed by atoms with E-state index in [0.29, 0.717) is 19.3 Å². The van der Waals surface area contributed by atoms with Gasteiger partial charge in [-0.1, -0.05) is 125 Å². The van der Waals surface area contributed by atoms with Crippen LogP contribution in [0.2, 0.25) is 0 Å². The third kappa shape index (κ3) is 26.0. The number of aliphatic hydroxyl groups excluding tert-OH is 3. The smallest absolute Gasteiger partial charge is 0.306 e. The van der Waals surface area contributed by atoms with Crippen molar-refractivity contribution in [2.24, 2.45) is 0 Å². The number of hydrogen-bond donors (Lipinski definition) is 4. The standard InChI is InChI=1S/C41H66O12S/c1-3-5-7-9-11-12-13-14-15-16-17-18-19-20-21-22-24-26-28-30-37(43)52-34(31-50-36(42)29-27-25-23-10-8-6-4-2)32-51-41-40(46)39(45)38(44)35(53-41)33-54(47,48)49/h5,7,11-12,14-15,17-18,20-21,24,26,34-35,38-41,44-46H,3-4,6,8-10,13,16,19,22-23,25,27-33H2,1-2H3,(H,47,48,49)/b7-5+,12-11+,15-14+,18-17+,21-20+,26-24+/t34-,35-,38-,39?,40?,41+/m1/s1. The molecular weight excluding hydrogens is 717 g/mol. The maximum absolute atomic E-state index is 12.7. The predicted molar refractivity (Wildman–Crippen MR) is 210 cm³/mol. The molecule has 308 valence electrons. The van der Waals surface area contributed by atoms with Crippen LogP contribution in [0.4, 0.5) is 0 Å². The Morgan fingerprint density at radius 1 is 0.648 bits per heavy atom. The number of carbonyl (C=O) groups is 2. The summed E-state index contributed by atoms with van der Waals surface area (Å²) in [4.78, 5) is 25.1. The van der Waals surface area contributed by atoms with E-state index in [0.717, 1.165) is 57.8 Å². The molecule has 12 nitrogen and oxygen atoms in total. The molecule has 1 heterocycles. The van der Waals surface area contributed by atoms with Crippen LogP contribution in [0.15, 0.2) is 72.9 Å². The number of carbonyl (C=O) groups excluding carboxylic acids is 2. The van der Waals surface area contributed by atoms with E-state index in [1.807, 2.05) is 18.2 Å². The van der Waals surface area contributed by atoms with Gasteiger partial charge in [-0.3, -0.25) is 14.1 Å². The van der Waals surface area contributed by atoms with Crippen molar-refractivity contribution in [3.8, 4) is 0 Å². The van der Waals surface area contributed by atoms with E-state index in [1.54, 1.807) is 0 Å². The Hall–Kier alpha value is -2.91. The van der Waals surface area contributed by atoms with Crippen molar-refractivity contribution >= 4 is 22.1 Å². The zero-order valence-electron chi connectivity index (χ0n) is 32.3. The lowest BCUT2D eigenvalue weighted by atomic mass is 10.00. The summed E-state index contributed by atoms with van der Waals surface area (Å²) < 4.78 is 53.6. The SMILES string of the molecule is CC/C=C/C/C=C/C/C=C/C/C=C/C/C=C/C/C=C/CCC(=O)O[C@H](COC(=O)CCCCCCCCC)CO[C@H]1O[C@H](CS(=O)(=O)O)[C@@H](O)C(O)C1O. The Balaban J connectivity index is 2.55. The first-order chi connectivity index (χ1) is 26.0. The van der Waals surface area contributed by atoms with E-state index >= 15 is 0 Å². The highest BCUT2D eigenvalue weighted by Gasteiger charge is 2.46. The fourth-order valence-electron chi connectivity index (χ4n) is 5.29. The molecule has 6 atom stereocenters. The third-order valence-electron chi connectivity index (χ3n) is 8.31. The molecule has 54 heavy (non-hydrogen) atoms. The molecule has 1 rings (SSSR count). The Bertz CT molecular complexity index is 1290. The van der Waals surface area contributed by atoms with Crippen molar-refractivity contribution < 1.29 is 56.8 Å². The Morgan fingerprint density at radius 2 is 1.17 bits per heavy atom. The molecule has 0 radical (unpaired) electrons. The maximum Gasteiger partial charge on any atom is 0.306 e. The van der Waals surface area contributed by atoms with Crippen molar-refractivity contribution in [2.75, 3.05) is 19.0 Å². The van der Waals surface area contributed by atoms with Crippen LogP contribution in [0.5, 0.6) is 0 Å². The van der Waals surface area contributed by atoms with Crippen LogP contribution in [0.3, 0.4) is 0 Å². The fraction of sp³-hybridized carbons (Fsp3) is 0.659. The molecule has 0 bridgehead atoms. The summed E-state index contributed by atoms with van der Waals surface area (Å²) in [5, 5.41) is 30.7. The monoisotopic (exact) mass is 782 g/mol. The summed E-state index contributed by atoms with van der Waals surface area (Å²) in [7, 11) is -4.61. The number of unbranched alkanes of at least 4 members (excludes halogenated alkanes) is 6. The average Bonchev–Trinajstić information content (AvgIpc) is 3.13. The normalized spacial score (nSPS) is 21.8. The molecule has 1 aliphatic heterocycles. The van der Waals surface area contributed by atoms with Gasteiger partial charge in [0.25, 0.3) is 10.1 Å². The summed E-state index contributed by atoms with van der Waals surface area (Å²) in [5.41, 5.74) is 0. The third-order valence-corrected chi connectivity index (χ3v) is 9.06. The van der Waals surface area contributed by atoms with Crippen molar-refractivity contribution in [2.45, 2.75) is 153 Å². The molecular formula is C41H66O12S. The van der Waals surface area contributed by atoms with Crippen molar-refractivity contribution in [1.29, 1.82) is 0 Å². The van der Waals surface area contributed by atoms with Crippen LogP contribution in [0.1, 0.15) is 117 Å². The predicted octanol–water partition coefficient (Wildman–Crippen LogP) is 6.77. The van der Waals surface area contributed by atoms with Gasteiger partial charge in [0.05, 0.1) is 6.61 Å². The molecule has 0 amide bonds. The van der Waals surface area contributed by atoms with Gasteiger partial charge in [0.2, 0.25) is 0 Å². The second-order valence-electron chi connectivity index (χ2n) is 13.2. The molecule has 0 saturated carbocycles. The van der Waals surface area contributed by atoms with Crippen LogP contribution >= 0.6 is 0 Å². The van der Waals surface area contributed by atoms with Gasteiger partial charge in [0.15, 0.2) is 12.4 Å². The number of esters is 2. The zero-order chi connectivity index (χ0) is 39.9. The summed E-state index contributed by atoms with van der Waals surface area (Å²) in [6.45, 7) is 3.49.